The molecule has 98 valence electrons. The van der Waals surface area contributed by atoms with Crippen molar-refractivity contribution in [3.63, 3.8) is 0 Å². The van der Waals surface area contributed by atoms with Crippen molar-refractivity contribution in [2.24, 2.45) is 5.73 Å². The maximum atomic E-state index is 6.19. The molecule has 1 aromatic carbocycles. The van der Waals surface area contributed by atoms with E-state index >= 15 is 0 Å². The standard InChI is InChI=1S/C14H17ClN2.ClH/c1-2-3-7-12(16)11-9-10-6-4-5-8-13(10)17-14(11)15;/h4-6,8-9,12H,2-3,7,16H2,1H3;1H/t12-;/m1./s1. The van der Waals surface area contributed by atoms with Crippen LogP contribution < -0.4 is 5.73 Å². The summed E-state index contributed by atoms with van der Waals surface area (Å²) in [5.41, 5.74) is 8.03. The smallest absolute Gasteiger partial charge is 0.134 e. The number of nitrogens with two attached hydrogens (primary N) is 1. The van der Waals surface area contributed by atoms with Crippen LogP contribution >= 0.6 is 24.0 Å². The molecule has 2 rings (SSSR count). The van der Waals surface area contributed by atoms with E-state index < -0.39 is 0 Å². The van der Waals surface area contributed by atoms with Gasteiger partial charge in [-0.05, 0) is 18.6 Å². The Labute approximate surface area is 119 Å². The van der Waals surface area contributed by atoms with Crippen molar-refractivity contribution in [3.05, 3.63) is 41.0 Å². The van der Waals surface area contributed by atoms with Crippen molar-refractivity contribution in [1.82, 2.24) is 4.98 Å². The van der Waals surface area contributed by atoms with E-state index in [9.17, 15) is 0 Å². The van der Waals surface area contributed by atoms with Crippen LogP contribution in [0.25, 0.3) is 10.9 Å². The van der Waals surface area contributed by atoms with Crippen LogP contribution in [0.3, 0.4) is 0 Å². The highest BCUT2D eigenvalue weighted by Crippen LogP contribution is 2.27. The zero-order valence-corrected chi connectivity index (χ0v) is 12.0. The molecule has 1 atom stereocenters. The number of unbranched alkanes of at least 4 members (excludes halogenated alkanes) is 1. The largest absolute Gasteiger partial charge is 0.324 e. The molecule has 1 heterocycles. The van der Waals surface area contributed by atoms with Gasteiger partial charge >= 0.3 is 0 Å². The van der Waals surface area contributed by atoms with Gasteiger partial charge in [0, 0.05) is 17.0 Å². The lowest BCUT2D eigenvalue weighted by Crippen LogP contribution is -2.11. The van der Waals surface area contributed by atoms with Gasteiger partial charge in [-0.15, -0.1) is 12.4 Å². The Balaban J connectivity index is 0.00000162. The quantitative estimate of drug-likeness (QED) is 0.840. The van der Waals surface area contributed by atoms with E-state index in [1.165, 1.54) is 0 Å². The van der Waals surface area contributed by atoms with Crippen LogP contribution in [0, 0.1) is 0 Å². The van der Waals surface area contributed by atoms with Gasteiger partial charge in [0.25, 0.3) is 0 Å². The predicted octanol–water partition coefficient (Wildman–Crippen LogP) is 4.50. The van der Waals surface area contributed by atoms with Gasteiger partial charge in [0.05, 0.1) is 5.52 Å². The summed E-state index contributed by atoms with van der Waals surface area (Å²) in [5, 5.41) is 1.63. The third-order valence-corrected chi connectivity index (χ3v) is 3.28. The summed E-state index contributed by atoms with van der Waals surface area (Å²) in [4.78, 5) is 4.39. The molecule has 4 heteroatoms. The molecular formula is C14H18Cl2N2. The summed E-state index contributed by atoms with van der Waals surface area (Å²) in [6.07, 6.45) is 3.22. The van der Waals surface area contributed by atoms with Crippen molar-refractivity contribution in [1.29, 1.82) is 0 Å². The molecule has 0 spiro atoms. The molecule has 2 N–H and O–H groups in total. The fraction of sp³-hybridized carbons (Fsp3) is 0.357. The second-order valence-corrected chi connectivity index (χ2v) is 4.67. The van der Waals surface area contributed by atoms with E-state index in [1.807, 2.05) is 24.3 Å². The fourth-order valence-electron chi connectivity index (χ4n) is 1.95. The van der Waals surface area contributed by atoms with Crippen LogP contribution in [0.15, 0.2) is 30.3 Å². The van der Waals surface area contributed by atoms with E-state index in [4.69, 9.17) is 17.3 Å². The van der Waals surface area contributed by atoms with Gasteiger partial charge in [-0.3, -0.25) is 0 Å². The van der Waals surface area contributed by atoms with Gasteiger partial charge in [-0.1, -0.05) is 49.6 Å². The first-order chi connectivity index (χ1) is 8.22. The van der Waals surface area contributed by atoms with Gasteiger partial charge in [-0.25, -0.2) is 4.98 Å². The van der Waals surface area contributed by atoms with Crippen LogP contribution in [0.2, 0.25) is 5.15 Å². The topological polar surface area (TPSA) is 38.9 Å². The van der Waals surface area contributed by atoms with Crippen LogP contribution in [0.5, 0.6) is 0 Å². The highest BCUT2D eigenvalue weighted by atomic mass is 35.5. The minimum atomic E-state index is -0.0143. The Morgan fingerprint density at radius 1 is 1.33 bits per heavy atom. The monoisotopic (exact) mass is 284 g/mol. The molecule has 0 unspecified atom stereocenters. The number of rotatable bonds is 4. The van der Waals surface area contributed by atoms with E-state index in [-0.39, 0.29) is 18.4 Å². The van der Waals surface area contributed by atoms with Gasteiger partial charge in [0.1, 0.15) is 5.15 Å². The van der Waals surface area contributed by atoms with E-state index in [2.05, 4.69) is 18.0 Å². The lowest BCUT2D eigenvalue weighted by Gasteiger charge is -2.13. The summed E-state index contributed by atoms with van der Waals surface area (Å²) in [5.74, 6) is 0. The Morgan fingerprint density at radius 3 is 2.78 bits per heavy atom. The molecule has 0 fully saturated rings. The molecule has 0 saturated carbocycles. The third-order valence-electron chi connectivity index (χ3n) is 2.97. The molecule has 2 aromatic rings. The van der Waals surface area contributed by atoms with Crippen molar-refractivity contribution in [2.45, 2.75) is 32.2 Å². The first kappa shape index (κ1) is 15.2. The Bertz CT molecular complexity index is 514. The number of pyridine rings is 1. The van der Waals surface area contributed by atoms with Crippen molar-refractivity contribution in [3.8, 4) is 0 Å². The fourth-order valence-corrected chi connectivity index (χ4v) is 2.23. The summed E-state index contributed by atoms with van der Waals surface area (Å²) >= 11 is 6.19. The van der Waals surface area contributed by atoms with Gasteiger partial charge in [0.15, 0.2) is 0 Å². The number of aromatic nitrogens is 1. The first-order valence-electron chi connectivity index (χ1n) is 6.03. The number of fused-ring (bicyclic) bond motifs is 1. The number of halogens is 2. The summed E-state index contributed by atoms with van der Waals surface area (Å²) in [6, 6.07) is 10.0. The minimum absolute atomic E-state index is 0. The Morgan fingerprint density at radius 2 is 2.06 bits per heavy atom. The molecule has 0 aliphatic heterocycles. The Kier molecular flexibility index (Phi) is 5.86. The molecule has 0 amide bonds. The average Bonchev–Trinajstić information content (AvgIpc) is 2.35. The number of benzene rings is 1. The van der Waals surface area contributed by atoms with Crippen LogP contribution in [0.4, 0.5) is 0 Å². The summed E-state index contributed by atoms with van der Waals surface area (Å²) in [7, 11) is 0. The normalized spacial score (nSPS) is 12.2. The molecule has 0 aliphatic carbocycles. The number of hydrogen-bond donors (Lipinski definition) is 1. The Hall–Kier alpha value is -0.830. The summed E-state index contributed by atoms with van der Waals surface area (Å²) in [6.45, 7) is 2.16. The van der Waals surface area contributed by atoms with Gasteiger partial charge in [0.2, 0.25) is 0 Å². The second-order valence-electron chi connectivity index (χ2n) is 4.31. The molecular weight excluding hydrogens is 267 g/mol. The van der Waals surface area contributed by atoms with Crippen LogP contribution in [-0.2, 0) is 0 Å². The van der Waals surface area contributed by atoms with Crippen LogP contribution in [0.1, 0.15) is 37.8 Å². The maximum absolute atomic E-state index is 6.19. The lowest BCUT2D eigenvalue weighted by atomic mass is 10.0. The zero-order chi connectivity index (χ0) is 12.3. The number of para-hydroxylation sites is 1. The first-order valence-corrected chi connectivity index (χ1v) is 6.41. The molecule has 0 bridgehead atoms. The van der Waals surface area contributed by atoms with Crippen molar-refractivity contribution < 1.29 is 0 Å². The molecule has 0 aliphatic rings. The number of hydrogen-bond acceptors (Lipinski definition) is 2. The molecule has 0 radical (unpaired) electrons. The zero-order valence-electron chi connectivity index (χ0n) is 10.4. The third kappa shape index (κ3) is 3.35. The van der Waals surface area contributed by atoms with E-state index in [0.29, 0.717) is 5.15 Å². The highest BCUT2D eigenvalue weighted by Gasteiger charge is 2.12. The lowest BCUT2D eigenvalue weighted by molar-refractivity contribution is 0.603. The number of nitrogens with zero attached hydrogens (tertiary/aromatic N) is 1. The van der Waals surface area contributed by atoms with Gasteiger partial charge in [-0.2, -0.15) is 0 Å². The average molecular weight is 285 g/mol. The van der Waals surface area contributed by atoms with Gasteiger partial charge < -0.3 is 5.73 Å². The van der Waals surface area contributed by atoms with Crippen LogP contribution in [-0.4, -0.2) is 4.98 Å². The van der Waals surface area contributed by atoms with E-state index in [1.54, 1.807) is 0 Å². The maximum Gasteiger partial charge on any atom is 0.134 e. The highest BCUT2D eigenvalue weighted by molar-refractivity contribution is 6.30. The van der Waals surface area contributed by atoms with E-state index in [0.717, 1.165) is 35.7 Å². The minimum Gasteiger partial charge on any atom is -0.324 e. The van der Waals surface area contributed by atoms with Crippen molar-refractivity contribution >= 4 is 34.9 Å². The molecule has 18 heavy (non-hydrogen) atoms. The molecule has 2 nitrogen and oxygen atoms in total. The predicted molar refractivity (Wildman–Crippen MR) is 80.5 cm³/mol. The second kappa shape index (κ2) is 6.93. The summed E-state index contributed by atoms with van der Waals surface area (Å²) < 4.78 is 0. The molecule has 1 aromatic heterocycles. The van der Waals surface area contributed by atoms with Crippen molar-refractivity contribution in [2.75, 3.05) is 0 Å². The SMILES string of the molecule is CCCC[C@@H](N)c1cc2ccccc2nc1Cl.Cl. The molecule has 0 saturated heterocycles.